The molecule has 0 saturated carbocycles. The normalized spacial score (nSPS) is 12.9. The number of likely N-dealkylation sites (N-methyl/N-ethyl adjacent to an activating group) is 1. The highest BCUT2D eigenvalue weighted by Gasteiger charge is 2.21. The van der Waals surface area contributed by atoms with E-state index in [9.17, 15) is 0 Å². The Morgan fingerprint density at radius 3 is 2.44 bits per heavy atom. The Kier molecular flexibility index (Phi) is 6.56. The summed E-state index contributed by atoms with van der Waals surface area (Å²) >= 11 is 6.21. The van der Waals surface area contributed by atoms with E-state index in [1.165, 1.54) is 0 Å². The lowest BCUT2D eigenvalue weighted by Gasteiger charge is -2.29. The summed E-state index contributed by atoms with van der Waals surface area (Å²) in [6, 6.07) is 15.9. The number of benzene rings is 2. The second kappa shape index (κ2) is 9.09. The van der Waals surface area contributed by atoms with E-state index in [2.05, 4.69) is 18.7 Å². The van der Waals surface area contributed by atoms with Crippen LogP contribution >= 0.6 is 11.6 Å². The third kappa shape index (κ3) is 4.53. The number of fused-ring (bicyclic) bond motifs is 1. The van der Waals surface area contributed by atoms with Crippen LogP contribution in [0.4, 0.5) is 0 Å². The molecule has 0 aliphatic rings. The minimum atomic E-state index is 0.0375. The number of aromatic nitrogens is 2. The van der Waals surface area contributed by atoms with Crippen LogP contribution < -0.4 is 5.73 Å². The molecule has 0 amide bonds. The van der Waals surface area contributed by atoms with Gasteiger partial charge in [0.15, 0.2) is 5.82 Å². The second-order valence-corrected chi connectivity index (χ2v) is 6.78. The SMILES string of the molecule is CCN(CC)C(CN)c1nc(/C=C/c2ccccc2)nc2cc(Cl)ccc12. The summed E-state index contributed by atoms with van der Waals surface area (Å²) in [5.74, 6) is 0.661. The van der Waals surface area contributed by atoms with E-state index in [1.54, 1.807) is 0 Å². The number of rotatable bonds is 7. The van der Waals surface area contributed by atoms with Crippen LogP contribution in [0.2, 0.25) is 5.02 Å². The van der Waals surface area contributed by atoms with Gasteiger partial charge in [-0.3, -0.25) is 4.90 Å². The first kappa shape index (κ1) is 19.5. The van der Waals surface area contributed by atoms with Gasteiger partial charge in [-0.05, 0) is 42.9 Å². The molecule has 140 valence electrons. The fourth-order valence-electron chi connectivity index (χ4n) is 3.31. The monoisotopic (exact) mass is 380 g/mol. The molecule has 0 saturated heterocycles. The van der Waals surface area contributed by atoms with Gasteiger partial charge in [-0.15, -0.1) is 0 Å². The Balaban J connectivity index is 2.11. The van der Waals surface area contributed by atoms with Crippen LogP contribution in [0.1, 0.15) is 37.0 Å². The zero-order chi connectivity index (χ0) is 19.2. The molecule has 5 heteroatoms. The van der Waals surface area contributed by atoms with Gasteiger partial charge in [0.1, 0.15) is 0 Å². The molecule has 0 spiro atoms. The minimum absolute atomic E-state index is 0.0375. The van der Waals surface area contributed by atoms with Crippen LogP contribution in [-0.2, 0) is 0 Å². The lowest BCUT2D eigenvalue weighted by Crippen LogP contribution is -2.34. The molecule has 0 aliphatic heterocycles. The van der Waals surface area contributed by atoms with Crippen molar-refractivity contribution < 1.29 is 0 Å². The van der Waals surface area contributed by atoms with Gasteiger partial charge in [0.2, 0.25) is 0 Å². The molecule has 0 radical (unpaired) electrons. The molecular weight excluding hydrogens is 356 g/mol. The van der Waals surface area contributed by atoms with Gasteiger partial charge in [-0.1, -0.05) is 61.9 Å². The molecule has 3 rings (SSSR count). The molecule has 1 aromatic heterocycles. The highest BCUT2D eigenvalue weighted by molar-refractivity contribution is 6.31. The van der Waals surface area contributed by atoms with Gasteiger partial charge in [-0.2, -0.15) is 0 Å². The van der Waals surface area contributed by atoms with Gasteiger partial charge in [0, 0.05) is 17.0 Å². The Morgan fingerprint density at radius 1 is 1.04 bits per heavy atom. The van der Waals surface area contributed by atoms with Gasteiger partial charge in [-0.25, -0.2) is 9.97 Å². The molecular formula is C22H25ClN4. The molecule has 0 aliphatic carbocycles. The number of hydrogen-bond acceptors (Lipinski definition) is 4. The molecule has 4 nitrogen and oxygen atoms in total. The lowest BCUT2D eigenvalue weighted by atomic mass is 10.1. The van der Waals surface area contributed by atoms with E-state index in [-0.39, 0.29) is 6.04 Å². The highest BCUT2D eigenvalue weighted by atomic mass is 35.5. The number of nitrogens with two attached hydrogens (primary N) is 1. The maximum absolute atomic E-state index is 6.21. The smallest absolute Gasteiger partial charge is 0.152 e. The summed E-state index contributed by atoms with van der Waals surface area (Å²) in [6.07, 6.45) is 3.96. The molecule has 2 N–H and O–H groups in total. The number of halogens is 1. The quantitative estimate of drug-likeness (QED) is 0.639. The highest BCUT2D eigenvalue weighted by Crippen LogP contribution is 2.28. The predicted molar refractivity (Wildman–Crippen MR) is 115 cm³/mol. The first-order valence-electron chi connectivity index (χ1n) is 9.30. The third-order valence-corrected chi connectivity index (χ3v) is 4.96. The van der Waals surface area contributed by atoms with E-state index in [0.717, 1.165) is 35.2 Å². The topological polar surface area (TPSA) is 55.0 Å². The van der Waals surface area contributed by atoms with Crippen LogP contribution in [0.15, 0.2) is 48.5 Å². The maximum Gasteiger partial charge on any atom is 0.152 e. The molecule has 27 heavy (non-hydrogen) atoms. The summed E-state index contributed by atoms with van der Waals surface area (Å²) in [4.78, 5) is 11.9. The van der Waals surface area contributed by atoms with Gasteiger partial charge < -0.3 is 5.73 Å². The zero-order valence-corrected chi connectivity index (χ0v) is 16.5. The van der Waals surface area contributed by atoms with Crippen molar-refractivity contribution in [3.63, 3.8) is 0 Å². The van der Waals surface area contributed by atoms with Crippen molar-refractivity contribution in [1.82, 2.24) is 14.9 Å². The molecule has 3 aromatic rings. The fourth-order valence-corrected chi connectivity index (χ4v) is 3.47. The maximum atomic E-state index is 6.21. The van der Waals surface area contributed by atoms with Crippen LogP contribution in [-0.4, -0.2) is 34.5 Å². The van der Waals surface area contributed by atoms with Crippen molar-refractivity contribution in [2.45, 2.75) is 19.9 Å². The van der Waals surface area contributed by atoms with Crippen molar-refractivity contribution in [3.05, 3.63) is 70.6 Å². The van der Waals surface area contributed by atoms with Crippen LogP contribution in [0.25, 0.3) is 23.1 Å². The van der Waals surface area contributed by atoms with Crippen molar-refractivity contribution >= 4 is 34.7 Å². The Hall–Kier alpha value is -2.27. The van der Waals surface area contributed by atoms with E-state index in [0.29, 0.717) is 17.4 Å². The summed E-state index contributed by atoms with van der Waals surface area (Å²) < 4.78 is 0. The molecule has 0 fully saturated rings. The summed E-state index contributed by atoms with van der Waals surface area (Å²) in [5, 5.41) is 1.66. The second-order valence-electron chi connectivity index (χ2n) is 6.35. The minimum Gasteiger partial charge on any atom is -0.329 e. The average molecular weight is 381 g/mol. The number of nitrogens with zero attached hydrogens (tertiary/aromatic N) is 3. The van der Waals surface area contributed by atoms with Gasteiger partial charge >= 0.3 is 0 Å². The molecule has 0 bridgehead atoms. The lowest BCUT2D eigenvalue weighted by molar-refractivity contribution is 0.221. The van der Waals surface area contributed by atoms with Crippen LogP contribution in [0.3, 0.4) is 0 Å². The van der Waals surface area contributed by atoms with E-state index < -0.39 is 0 Å². The number of hydrogen-bond donors (Lipinski definition) is 1. The standard InChI is InChI=1S/C22H25ClN4/c1-3-27(4-2)20(15-24)22-18-12-11-17(23)14-19(18)25-21(26-22)13-10-16-8-6-5-7-9-16/h5-14,20H,3-4,15,24H2,1-2H3/b13-10+. The van der Waals surface area contributed by atoms with Crippen LogP contribution in [0, 0.1) is 0 Å². The Labute approximate surface area is 165 Å². The van der Waals surface area contributed by atoms with Crippen molar-refractivity contribution in [1.29, 1.82) is 0 Å². The van der Waals surface area contributed by atoms with Crippen molar-refractivity contribution in [3.8, 4) is 0 Å². The van der Waals surface area contributed by atoms with Crippen LogP contribution in [0.5, 0.6) is 0 Å². The van der Waals surface area contributed by atoms with Crippen molar-refractivity contribution in [2.24, 2.45) is 5.73 Å². The van der Waals surface area contributed by atoms with Crippen molar-refractivity contribution in [2.75, 3.05) is 19.6 Å². The molecule has 1 atom stereocenters. The summed E-state index contributed by atoms with van der Waals surface area (Å²) in [6.45, 7) is 6.60. The van der Waals surface area contributed by atoms with E-state index in [4.69, 9.17) is 27.3 Å². The van der Waals surface area contributed by atoms with E-state index >= 15 is 0 Å². The Morgan fingerprint density at radius 2 is 1.78 bits per heavy atom. The van der Waals surface area contributed by atoms with Gasteiger partial charge in [0.05, 0.1) is 17.3 Å². The van der Waals surface area contributed by atoms with E-state index in [1.807, 2.05) is 60.7 Å². The van der Waals surface area contributed by atoms with Gasteiger partial charge in [0.25, 0.3) is 0 Å². The third-order valence-electron chi connectivity index (χ3n) is 4.72. The molecule has 2 aromatic carbocycles. The zero-order valence-electron chi connectivity index (χ0n) is 15.8. The molecule has 1 heterocycles. The first-order chi connectivity index (χ1) is 13.2. The molecule has 1 unspecified atom stereocenters. The largest absolute Gasteiger partial charge is 0.329 e. The Bertz CT molecular complexity index is 920. The average Bonchev–Trinajstić information content (AvgIpc) is 2.70. The summed E-state index contributed by atoms with van der Waals surface area (Å²) in [5.41, 5.74) is 9.04. The first-order valence-corrected chi connectivity index (χ1v) is 9.68. The summed E-state index contributed by atoms with van der Waals surface area (Å²) in [7, 11) is 0. The predicted octanol–water partition coefficient (Wildman–Crippen LogP) is 4.80. The fraction of sp³-hybridized carbons (Fsp3) is 0.273.